The summed E-state index contributed by atoms with van der Waals surface area (Å²) in [6.07, 6.45) is -0.176. The van der Waals surface area contributed by atoms with Crippen molar-refractivity contribution in [3.8, 4) is 11.5 Å². The summed E-state index contributed by atoms with van der Waals surface area (Å²) in [4.78, 5) is 2.20. The van der Waals surface area contributed by atoms with Crippen LogP contribution in [-0.2, 0) is 0 Å². The molecule has 3 aromatic rings. The highest BCUT2D eigenvalue weighted by atomic mass is 16.5. The second kappa shape index (κ2) is 8.54. The molecule has 0 bridgehead atoms. The molecular weight excluding hydrogens is 322 g/mol. The summed E-state index contributed by atoms with van der Waals surface area (Å²) in [6, 6.07) is 28.6. The minimum atomic E-state index is -0.176. The summed E-state index contributed by atoms with van der Waals surface area (Å²) < 4.78 is 12.0. The van der Waals surface area contributed by atoms with Crippen LogP contribution >= 0.6 is 0 Å². The van der Waals surface area contributed by atoms with E-state index in [1.54, 1.807) is 7.11 Å². The number of ether oxygens (including phenoxy) is 2. The Morgan fingerprint density at radius 1 is 0.654 bits per heavy atom. The van der Waals surface area contributed by atoms with Gasteiger partial charge in [-0.05, 0) is 37.4 Å². The number of nitrogens with zero attached hydrogens (tertiary/aromatic N) is 1. The summed E-state index contributed by atoms with van der Waals surface area (Å²) in [5.41, 5.74) is 2.34. The first kappa shape index (κ1) is 18.0. The van der Waals surface area contributed by atoms with Crippen molar-refractivity contribution in [3.63, 3.8) is 0 Å². The number of likely N-dealkylation sites (N-methyl/N-ethyl adjacent to an activating group) is 1. The normalized spacial score (nSPS) is 13.2. The van der Waals surface area contributed by atoms with E-state index in [0.29, 0.717) is 0 Å². The average molecular weight is 347 g/mol. The smallest absolute Gasteiger partial charge is 0.162 e. The fourth-order valence-electron chi connectivity index (χ4n) is 3.20. The lowest BCUT2D eigenvalue weighted by molar-refractivity contribution is 0.0935. The molecule has 0 fully saturated rings. The molecule has 26 heavy (non-hydrogen) atoms. The van der Waals surface area contributed by atoms with E-state index in [-0.39, 0.29) is 12.1 Å². The van der Waals surface area contributed by atoms with Gasteiger partial charge in [-0.2, -0.15) is 0 Å². The molecule has 0 heterocycles. The highest BCUT2D eigenvalue weighted by Gasteiger charge is 2.29. The van der Waals surface area contributed by atoms with Gasteiger partial charge in [0, 0.05) is 0 Å². The van der Waals surface area contributed by atoms with Crippen LogP contribution in [0.2, 0.25) is 0 Å². The maximum Gasteiger partial charge on any atom is 0.162 e. The van der Waals surface area contributed by atoms with E-state index < -0.39 is 0 Å². The predicted octanol–water partition coefficient (Wildman–Crippen LogP) is 5.12. The van der Waals surface area contributed by atoms with Gasteiger partial charge in [0.1, 0.15) is 6.10 Å². The minimum Gasteiger partial charge on any atom is -0.493 e. The highest BCUT2D eigenvalue weighted by Crippen LogP contribution is 2.39. The molecule has 0 aliphatic rings. The maximum atomic E-state index is 6.53. The summed E-state index contributed by atoms with van der Waals surface area (Å²) in [6.45, 7) is 0. The third-order valence-electron chi connectivity index (χ3n) is 4.44. The topological polar surface area (TPSA) is 21.7 Å². The van der Waals surface area contributed by atoms with Gasteiger partial charge in [0.25, 0.3) is 0 Å². The van der Waals surface area contributed by atoms with E-state index in [4.69, 9.17) is 9.47 Å². The van der Waals surface area contributed by atoms with Crippen LogP contribution in [0.25, 0.3) is 0 Å². The predicted molar refractivity (Wildman–Crippen MR) is 106 cm³/mol. The Morgan fingerprint density at radius 2 is 1.15 bits per heavy atom. The molecule has 0 spiro atoms. The van der Waals surface area contributed by atoms with Crippen LogP contribution in [0.3, 0.4) is 0 Å². The van der Waals surface area contributed by atoms with Crippen LogP contribution in [0, 0.1) is 0 Å². The molecule has 3 nitrogen and oxygen atoms in total. The van der Waals surface area contributed by atoms with E-state index in [1.165, 1.54) is 5.56 Å². The van der Waals surface area contributed by atoms with Gasteiger partial charge in [-0.25, -0.2) is 0 Å². The van der Waals surface area contributed by atoms with E-state index in [0.717, 1.165) is 17.1 Å². The molecule has 0 aliphatic heterocycles. The number of hydrogen-bond acceptors (Lipinski definition) is 3. The Hall–Kier alpha value is -2.78. The van der Waals surface area contributed by atoms with Gasteiger partial charge in [-0.3, -0.25) is 4.90 Å². The molecule has 0 aromatic heterocycles. The maximum absolute atomic E-state index is 6.53. The van der Waals surface area contributed by atoms with E-state index >= 15 is 0 Å². The minimum absolute atomic E-state index is 0.0588. The molecular formula is C23H25NO2. The Morgan fingerprint density at radius 3 is 1.69 bits per heavy atom. The zero-order chi connectivity index (χ0) is 18.4. The molecule has 0 N–H and O–H groups in total. The Kier molecular flexibility index (Phi) is 5.92. The van der Waals surface area contributed by atoms with Gasteiger partial charge in [0.05, 0.1) is 13.2 Å². The quantitative estimate of drug-likeness (QED) is 0.592. The van der Waals surface area contributed by atoms with E-state index in [1.807, 2.05) is 48.5 Å². The second-order valence-corrected chi connectivity index (χ2v) is 6.42. The molecule has 0 radical (unpaired) electrons. The largest absolute Gasteiger partial charge is 0.493 e. The van der Waals surface area contributed by atoms with Crippen LogP contribution in [0.4, 0.5) is 0 Å². The van der Waals surface area contributed by atoms with Crippen molar-refractivity contribution in [2.45, 2.75) is 12.1 Å². The fourth-order valence-corrected chi connectivity index (χ4v) is 3.20. The van der Waals surface area contributed by atoms with Crippen LogP contribution in [0.15, 0.2) is 84.9 Å². The molecule has 0 saturated carbocycles. The third kappa shape index (κ3) is 4.06. The van der Waals surface area contributed by atoms with Crippen molar-refractivity contribution in [3.05, 3.63) is 96.1 Å². The molecule has 2 atom stereocenters. The SMILES string of the molecule is COc1ccccc1O[C@@H](c1ccccc1)[C@H](c1ccccc1)N(C)C. The monoisotopic (exact) mass is 347 g/mol. The first-order valence-electron chi connectivity index (χ1n) is 8.76. The standard InChI is InChI=1S/C23H25NO2/c1-24(2)22(18-12-6-4-7-13-18)23(19-14-8-5-9-15-19)26-21-17-11-10-16-20(21)25-3/h4-17,22-23H,1-3H3/t22-,23-/m0/s1. The lowest BCUT2D eigenvalue weighted by Crippen LogP contribution is -2.29. The molecule has 3 heteroatoms. The van der Waals surface area contributed by atoms with E-state index in [2.05, 4.69) is 55.4 Å². The summed E-state index contributed by atoms with van der Waals surface area (Å²) >= 11 is 0. The van der Waals surface area contributed by atoms with Crippen LogP contribution in [-0.4, -0.2) is 26.1 Å². The van der Waals surface area contributed by atoms with Crippen molar-refractivity contribution < 1.29 is 9.47 Å². The number of para-hydroxylation sites is 2. The van der Waals surface area contributed by atoms with Gasteiger partial charge in [0.2, 0.25) is 0 Å². The number of hydrogen-bond donors (Lipinski definition) is 0. The Balaban J connectivity index is 2.05. The lowest BCUT2D eigenvalue weighted by Gasteiger charge is -2.33. The van der Waals surface area contributed by atoms with Crippen molar-refractivity contribution in [1.29, 1.82) is 0 Å². The first-order chi connectivity index (χ1) is 12.7. The highest BCUT2D eigenvalue weighted by molar-refractivity contribution is 5.40. The second-order valence-electron chi connectivity index (χ2n) is 6.42. The zero-order valence-electron chi connectivity index (χ0n) is 15.5. The molecule has 3 rings (SSSR count). The van der Waals surface area contributed by atoms with Crippen molar-refractivity contribution in [2.75, 3.05) is 21.2 Å². The van der Waals surface area contributed by atoms with Crippen molar-refractivity contribution >= 4 is 0 Å². The van der Waals surface area contributed by atoms with Crippen molar-refractivity contribution in [1.82, 2.24) is 4.90 Å². The zero-order valence-corrected chi connectivity index (χ0v) is 15.5. The summed E-state index contributed by atoms with van der Waals surface area (Å²) in [7, 11) is 5.83. The van der Waals surface area contributed by atoms with Gasteiger partial charge in [-0.1, -0.05) is 72.8 Å². The lowest BCUT2D eigenvalue weighted by atomic mass is 9.94. The molecule has 3 aromatic carbocycles. The fraction of sp³-hybridized carbons (Fsp3) is 0.217. The molecule has 0 amide bonds. The van der Waals surface area contributed by atoms with Crippen LogP contribution < -0.4 is 9.47 Å². The molecule has 134 valence electrons. The number of benzene rings is 3. The van der Waals surface area contributed by atoms with Crippen molar-refractivity contribution in [2.24, 2.45) is 0 Å². The Labute approximate surface area is 155 Å². The first-order valence-corrected chi connectivity index (χ1v) is 8.76. The summed E-state index contributed by atoms with van der Waals surface area (Å²) in [5.74, 6) is 1.48. The molecule has 0 saturated heterocycles. The molecule has 0 unspecified atom stereocenters. The number of methoxy groups -OCH3 is 1. The van der Waals surface area contributed by atoms with Crippen LogP contribution in [0.5, 0.6) is 11.5 Å². The third-order valence-corrected chi connectivity index (χ3v) is 4.44. The van der Waals surface area contributed by atoms with Gasteiger partial charge in [0.15, 0.2) is 11.5 Å². The van der Waals surface area contributed by atoms with Gasteiger partial charge < -0.3 is 9.47 Å². The van der Waals surface area contributed by atoms with Gasteiger partial charge in [-0.15, -0.1) is 0 Å². The van der Waals surface area contributed by atoms with Gasteiger partial charge >= 0.3 is 0 Å². The average Bonchev–Trinajstić information content (AvgIpc) is 2.69. The molecule has 0 aliphatic carbocycles. The number of rotatable bonds is 7. The van der Waals surface area contributed by atoms with E-state index in [9.17, 15) is 0 Å². The Bertz CT molecular complexity index is 803. The van der Waals surface area contributed by atoms with Crippen LogP contribution in [0.1, 0.15) is 23.3 Å². The summed E-state index contributed by atoms with van der Waals surface area (Å²) in [5, 5.41) is 0.